The van der Waals surface area contributed by atoms with E-state index in [1.807, 2.05) is 0 Å². The Morgan fingerprint density at radius 3 is 2.83 bits per heavy atom. The van der Waals surface area contributed by atoms with Crippen LogP contribution in [0.2, 0.25) is 0 Å². The van der Waals surface area contributed by atoms with Gasteiger partial charge in [0.25, 0.3) is 5.69 Å². The zero-order valence-corrected chi connectivity index (χ0v) is 13.8. The molecule has 128 valence electrons. The first-order valence-corrected chi connectivity index (χ1v) is 8.88. The number of hydrogen-bond acceptors (Lipinski definition) is 7. The average molecular weight is 352 g/mol. The molecule has 2 heterocycles. The molecule has 1 aromatic heterocycles. The highest BCUT2D eigenvalue weighted by molar-refractivity contribution is 7.89. The van der Waals surface area contributed by atoms with Gasteiger partial charge in [0.15, 0.2) is 5.82 Å². The van der Waals surface area contributed by atoms with Crippen LogP contribution in [0.4, 0.5) is 5.69 Å². The quantitative estimate of drug-likeness (QED) is 0.611. The molecule has 1 aromatic carbocycles. The van der Waals surface area contributed by atoms with Gasteiger partial charge in [0.2, 0.25) is 16.4 Å². The van der Waals surface area contributed by atoms with E-state index in [1.165, 1.54) is 16.4 Å². The number of benzene rings is 1. The Labute approximate surface area is 138 Å². The Morgan fingerprint density at radius 1 is 1.38 bits per heavy atom. The summed E-state index contributed by atoms with van der Waals surface area (Å²) in [6.45, 7) is 1.88. The van der Waals surface area contributed by atoms with Crippen molar-refractivity contribution in [3.05, 3.63) is 46.1 Å². The van der Waals surface area contributed by atoms with Gasteiger partial charge in [-0.25, -0.2) is 8.42 Å². The molecule has 0 saturated carbocycles. The third kappa shape index (κ3) is 2.89. The Balaban J connectivity index is 2.02. The van der Waals surface area contributed by atoms with Crippen molar-refractivity contribution < 1.29 is 17.9 Å². The third-order valence-corrected chi connectivity index (χ3v) is 6.02. The summed E-state index contributed by atoms with van der Waals surface area (Å²) in [6, 6.07) is 3.41. The Bertz CT molecular complexity index is 850. The Morgan fingerprint density at radius 2 is 2.17 bits per heavy atom. The normalized spacial score (nSPS) is 19.3. The molecule has 1 aliphatic rings. The number of nitrogens with zero attached hydrogens (tertiary/aromatic N) is 4. The van der Waals surface area contributed by atoms with Crippen LogP contribution in [-0.2, 0) is 10.0 Å². The lowest BCUT2D eigenvalue weighted by molar-refractivity contribution is -0.385. The van der Waals surface area contributed by atoms with Gasteiger partial charge in [-0.2, -0.15) is 9.29 Å². The minimum absolute atomic E-state index is 0.102. The maximum absolute atomic E-state index is 13.0. The van der Waals surface area contributed by atoms with E-state index in [1.54, 1.807) is 6.92 Å². The van der Waals surface area contributed by atoms with Gasteiger partial charge < -0.3 is 4.52 Å². The van der Waals surface area contributed by atoms with Gasteiger partial charge in [-0.15, -0.1) is 0 Å². The van der Waals surface area contributed by atoms with E-state index in [4.69, 9.17) is 4.52 Å². The fourth-order valence-electron chi connectivity index (χ4n) is 2.86. The van der Waals surface area contributed by atoms with Crippen molar-refractivity contribution in [2.45, 2.75) is 37.1 Å². The Hall–Kier alpha value is -2.33. The van der Waals surface area contributed by atoms with Crippen LogP contribution in [0.25, 0.3) is 0 Å². The summed E-state index contributed by atoms with van der Waals surface area (Å²) >= 11 is 0. The predicted molar refractivity (Wildman–Crippen MR) is 82.6 cm³/mol. The number of hydrogen-bond donors (Lipinski definition) is 0. The fourth-order valence-corrected chi connectivity index (χ4v) is 4.53. The number of aromatic nitrogens is 2. The molecule has 1 fully saturated rings. The largest absolute Gasteiger partial charge is 0.343 e. The predicted octanol–water partition coefficient (Wildman–Crippen LogP) is 2.20. The molecular formula is C14H16N4O5S. The van der Waals surface area contributed by atoms with Crippen LogP contribution in [-0.4, -0.2) is 34.3 Å². The number of piperidine rings is 1. The molecule has 0 bridgehead atoms. The Kier molecular flexibility index (Phi) is 4.33. The minimum Gasteiger partial charge on any atom is -0.343 e. The van der Waals surface area contributed by atoms with Gasteiger partial charge in [0.05, 0.1) is 15.9 Å². The van der Waals surface area contributed by atoms with Crippen LogP contribution in [0, 0.1) is 17.0 Å². The lowest BCUT2D eigenvalue weighted by atomic mass is 10.0. The van der Waals surface area contributed by atoms with Gasteiger partial charge in [-0.1, -0.05) is 17.6 Å². The van der Waals surface area contributed by atoms with Crippen molar-refractivity contribution in [3.63, 3.8) is 0 Å². The summed E-state index contributed by atoms with van der Waals surface area (Å²) in [5.41, 5.74) is 0.191. The second-order valence-corrected chi connectivity index (χ2v) is 7.51. The molecule has 3 rings (SSSR count). The van der Waals surface area contributed by atoms with E-state index < -0.39 is 21.0 Å². The maximum atomic E-state index is 13.0. The van der Waals surface area contributed by atoms with Gasteiger partial charge in [0.1, 0.15) is 0 Å². The van der Waals surface area contributed by atoms with Crippen molar-refractivity contribution in [2.75, 3.05) is 6.54 Å². The van der Waals surface area contributed by atoms with Crippen LogP contribution >= 0.6 is 0 Å². The summed E-state index contributed by atoms with van der Waals surface area (Å²) in [5, 5.41) is 14.8. The maximum Gasteiger partial charge on any atom is 0.273 e. The van der Waals surface area contributed by atoms with E-state index in [0.717, 1.165) is 18.9 Å². The number of sulfonamides is 1. The first-order valence-electron chi connectivity index (χ1n) is 7.44. The first kappa shape index (κ1) is 16.5. The molecule has 0 spiro atoms. The van der Waals surface area contributed by atoms with Crippen LogP contribution in [0.1, 0.15) is 36.7 Å². The van der Waals surface area contributed by atoms with Crippen LogP contribution in [0.15, 0.2) is 34.0 Å². The molecule has 9 nitrogen and oxygen atoms in total. The van der Waals surface area contributed by atoms with Crippen molar-refractivity contribution in [2.24, 2.45) is 0 Å². The molecule has 1 unspecified atom stereocenters. The number of aryl methyl sites for hydroxylation is 1. The first-order chi connectivity index (χ1) is 11.4. The fraction of sp³-hybridized carbons (Fsp3) is 0.429. The standard InChI is InChI=1S/C14H16N4O5S/c1-10-5-6-11(8-13(10)18(19)20)24(21,22)17-7-3-2-4-12(17)14-15-9-23-16-14/h5-6,8-9,12H,2-4,7H2,1H3. The molecule has 10 heteroatoms. The highest BCUT2D eigenvalue weighted by atomic mass is 32.2. The summed E-state index contributed by atoms with van der Waals surface area (Å²) in [6.07, 6.45) is 3.29. The molecule has 24 heavy (non-hydrogen) atoms. The molecule has 2 aromatic rings. The number of nitro benzene ring substituents is 1. The highest BCUT2D eigenvalue weighted by Gasteiger charge is 2.37. The van der Waals surface area contributed by atoms with Crippen molar-refractivity contribution in [1.29, 1.82) is 0 Å². The van der Waals surface area contributed by atoms with Crippen LogP contribution < -0.4 is 0 Å². The second kappa shape index (κ2) is 6.29. The lowest BCUT2D eigenvalue weighted by Gasteiger charge is -2.32. The van der Waals surface area contributed by atoms with Gasteiger partial charge >= 0.3 is 0 Å². The number of rotatable bonds is 4. The van der Waals surface area contributed by atoms with E-state index >= 15 is 0 Å². The van der Waals surface area contributed by atoms with E-state index in [2.05, 4.69) is 10.1 Å². The van der Waals surface area contributed by atoms with Crippen LogP contribution in [0.5, 0.6) is 0 Å². The van der Waals surface area contributed by atoms with Crippen molar-refractivity contribution in [1.82, 2.24) is 14.4 Å². The van der Waals surface area contributed by atoms with Gasteiger partial charge in [-0.05, 0) is 25.8 Å². The summed E-state index contributed by atoms with van der Waals surface area (Å²) in [4.78, 5) is 14.4. The smallest absolute Gasteiger partial charge is 0.273 e. The second-order valence-electron chi connectivity index (χ2n) is 5.62. The third-order valence-electron chi connectivity index (χ3n) is 4.11. The van der Waals surface area contributed by atoms with E-state index in [0.29, 0.717) is 30.8 Å². The molecule has 0 N–H and O–H groups in total. The number of nitro groups is 1. The molecule has 0 radical (unpaired) electrons. The molecule has 0 aliphatic carbocycles. The minimum atomic E-state index is -3.90. The van der Waals surface area contributed by atoms with Gasteiger partial charge in [0, 0.05) is 18.2 Å². The summed E-state index contributed by atoms with van der Waals surface area (Å²) in [7, 11) is -3.90. The molecule has 0 amide bonds. The summed E-state index contributed by atoms with van der Waals surface area (Å²) < 4.78 is 32.0. The zero-order chi connectivity index (χ0) is 17.3. The van der Waals surface area contributed by atoms with E-state index in [9.17, 15) is 18.5 Å². The molecular weight excluding hydrogens is 336 g/mol. The highest BCUT2D eigenvalue weighted by Crippen LogP contribution is 2.35. The SMILES string of the molecule is Cc1ccc(S(=O)(=O)N2CCCCC2c2ncon2)cc1[N+](=O)[O-]. The van der Waals surface area contributed by atoms with Crippen LogP contribution in [0.3, 0.4) is 0 Å². The topological polar surface area (TPSA) is 119 Å². The average Bonchev–Trinajstić information content (AvgIpc) is 3.09. The molecule has 1 aliphatic heterocycles. The molecule has 1 atom stereocenters. The van der Waals surface area contributed by atoms with Gasteiger partial charge in [-0.3, -0.25) is 10.1 Å². The van der Waals surface area contributed by atoms with Crippen molar-refractivity contribution in [3.8, 4) is 0 Å². The monoisotopic (exact) mass is 352 g/mol. The molecule has 1 saturated heterocycles. The summed E-state index contributed by atoms with van der Waals surface area (Å²) in [5.74, 6) is 0.305. The van der Waals surface area contributed by atoms with E-state index in [-0.39, 0.29) is 10.6 Å². The lowest BCUT2D eigenvalue weighted by Crippen LogP contribution is -2.39. The zero-order valence-electron chi connectivity index (χ0n) is 13.0. The van der Waals surface area contributed by atoms with Crippen molar-refractivity contribution >= 4 is 15.7 Å².